The third-order valence-corrected chi connectivity index (χ3v) is 5.08. The lowest BCUT2D eigenvalue weighted by atomic mass is 9.94. The lowest BCUT2D eigenvalue weighted by Crippen LogP contribution is -2.57. The Hall–Kier alpha value is -2.52. The number of hydrogen-bond donors (Lipinski definition) is 3. The number of primary amides is 1. The van der Waals surface area contributed by atoms with E-state index in [0.717, 1.165) is 11.8 Å². The third-order valence-electron chi connectivity index (χ3n) is 3.81. The highest BCUT2D eigenvalue weighted by Crippen LogP contribution is 2.50. The summed E-state index contributed by atoms with van der Waals surface area (Å²) in [5.41, 5.74) is 5.25. The maximum absolute atomic E-state index is 12.1. The van der Waals surface area contributed by atoms with Gasteiger partial charge in [-0.05, 0) is 30.7 Å². The van der Waals surface area contributed by atoms with E-state index in [0.29, 0.717) is 11.3 Å². The molecule has 2 unspecified atom stereocenters. The van der Waals surface area contributed by atoms with Crippen molar-refractivity contribution in [3.05, 3.63) is 40.6 Å². The molecule has 0 spiro atoms. The van der Waals surface area contributed by atoms with Crippen LogP contribution in [0.4, 0.5) is 0 Å². The number of fused-ring (bicyclic) bond motifs is 1. The van der Waals surface area contributed by atoms with Gasteiger partial charge in [0.15, 0.2) is 10.8 Å². The van der Waals surface area contributed by atoms with E-state index in [-0.39, 0.29) is 35.1 Å². The summed E-state index contributed by atoms with van der Waals surface area (Å²) in [6, 6.07) is 5.92. The summed E-state index contributed by atoms with van der Waals surface area (Å²) in [6.45, 7) is -0.144. The van der Waals surface area contributed by atoms with Crippen LogP contribution in [-0.2, 0) is 9.59 Å². The van der Waals surface area contributed by atoms with Crippen molar-refractivity contribution in [1.29, 1.82) is 0 Å². The first-order valence-electron chi connectivity index (χ1n) is 7.10. The molecule has 1 saturated heterocycles. The summed E-state index contributed by atoms with van der Waals surface area (Å²) in [4.78, 5) is 35.8. The second-order valence-electron chi connectivity index (χ2n) is 5.27. The predicted molar refractivity (Wildman–Crippen MR) is 83.7 cm³/mol. The van der Waals surface area contributed by atoms with Crippen LogP contribution in [0.1, 0.15) is 16.8 Å². The van der Waals surface area contributed by atoms with Gasteiger partial charge < -0.3 is 20.7 Å². The Bertz CT molecular complexity index is 745. The molecule has 0 aromatic heterocycles. The van der Waals surface area contributed by atoms with E-state index < -0.39 is 17.8 Å². The lowest BCUT2D eigenvalue weighted by Gasteiger charge is -2.41. The molecule has 2 heterocycles. The van der Waals surface area contributed by atoms with E-state index in [1.54, 1.807) is 0 Å². The van der Waals surface area contributed by atoms with Gasteiger partial charge in [0.2, 0.25) is 11.8 Å². The van der Waals surface area contributed by atoms with Crippen LogP contribution in [-0.4, -0.2) is 44.9 Å². The van der Waals surface area contributed by atoms with Gasteiger partial charge in [-0.1, -0.05) is 11.8 Å². The van der Waals surface area contributed by atoms with Crippen molar-refractivity contribution < 1.29 is 29.3 Å². The van der Waals surface area contributed by atoms with Crippen molar-refractivity contribution in [2.24, 2.45) is 11.7 Å². The molecule has 8 nitrogen and oxygen atoms in total. The fourth-order valence-corrected chi connectivity index (χ4v) is 4.01. The normalized spacial score (nSPS) is 22.2. The average Bonchev–Trinajstić information content (AvgIpc) is 2.88. The molecular weight excluding hydrogens is 336 g/mol. The zero-order chi connectivity index (χ0) is 17.4. The highest BCUT2D eigenvalue weighted by Gasteiger charge is 2.56. The Morgan fingerprint density at radius 1 is 1.29 bits per heavy atom. The Morgan fingerprint density at radius 3 is 2.50 bits per heavy atom. The second-order valence-corrected chi connectivity index (χ2v) is 6.36. The Labute approximate surface area is 140 Å². The summed E-state index contributed by atoms with van der Waals surface area (Å²) in [6.07, 6.45) is 0.278. The van der Waals surface area contributed by atoms with Gasteiger partial charge in [0, 0.05) is 12.2 Å². The minimum atomic E-state index is -1.26. The number of aliphatic carboxylic acids is 1. The molecule has 2 amide bonds. The lowest BCUT2D eigenvalue weighted by molar-refractivity contribution is -0.152. The Balaban J connectivity index is 1.83. The summed E-state index contributed by atoms with van der Waals surface area (Å²) in [5.74, 6) is -2.27. The number of thioether (sulfide) groups is 1. The molecule has 3 rings (SSSR count). The van der Waals surface area contributed by atoms with Gasteiger partial charge in [-0.2, -0.15) is 0 Å². The number of aliphatic hydroxyl groups is 1. The summed E-state index contributed by atoms with van der Waals surface area (Å²) >= 11 is 1.13. The van der Waals surface area contributed by atoms with Gasteiger partial charge in [-0.3, -0.25) is 14.5 Å². The molecular formula is C15H14N2O6S. The highest BCUT2D eigenvalue weighted by atomic mass is 32.2. The van der Waals surface area contributed by atoms with Gasteiger partial charge in [0.25, 0.3) is 0 Å². The Morgan fingerprint density at radius 2 is 1.96 bits per heavy atom. The zero-order valence-corrected chi connectivity index (χ0v) is 13.2. The fraction of sp³-hybridized carbons (Fsp3) is 0.267. The predicted octanol–water partition coefficient (Wildman–Crippen LogP) is 0.332. The quantitative estimate of drug-likeness (QED) is 0.630. The Kier molecular flexibility index (Phi) is 4.20. The van der Waals surface area contributed by atoms with Crippen LogP contribution in [0.2, 0.25) is 0 Å². The number of rotatable bonds is 6. The minimum absolute atomic E-state index is 0.105. The van der Waals surface area contributed by atoms with Crippen LogP contribution in [0.25, 0.3) is 0 Å². The van der Waals surface area contributed by atoms with Gasteiger partial charge in [0.1, 0.15) is 11.1 Å². The van der Waals surface area contributed by atoms with E-state index in [1.807, 2.05) is 0 Å². The molecule has 2 aliphatic rings. The number of benzene rings is 1. The number of amides is 2. The maximum atomic E-state index is 12.1. The number of carboxylic acid groups (broad SMARTS) is 1. The first kappa shape index (κ1) is 16.3. The van der Waals surface area contributed by atoms with E-state index in [4.69, 9.17) is 15.6 Å². The number of ether oxygens (including phenoxy) is 1. The molecule has 24 heavy (non-hydrogen) atoms. The molecule has 4 N–H and O–H groups in total. The molecule has 0 saturated carbocycles. The van der Waals surface area contributed by atoms with Gasteiger partial charge in [-0.15, -0.1) is 0 Å². The highest BCUT2D eigenvalue weighted by molar-refractivity contribution is 8.03. The largest absolute Gasteiger partial charge is 0.476 e. The second kappa shape index (κ2) is 6.17. The van der Waals surface area contributed by atoms with Gasteiger partial charge in [-0.25, -0.2) is 4.79 Å². The molecule has 126 valence electrons. The maximum Gasteiger partial charge on any atom is 0.357 e. The average molecular weight is 350 g/mol. The molecule has 0 aliphatic carbocycles. The van der Waals surface area contributed by atoms with E-state index in [2.05, 4.69) is 0 Å². The van der Waals surface area contributed by atoms with Crippen molar-refractivity contribution in [3.63, 3.8) is 0 Å². The van der Waals surface area contributed by atoms with E-state index >= 15 is 0 Å². The van der Waals surface area contributed by atoms with Crippen molar-refractivity contribution >= 4 is 29.5 Å². The van der Waals surface area contributed by atoms with Gasteiger partial charge >= 0.3 is 5.97 Å². The van der Waals surface area contributed by atoms with E-state index in [1.165, 1.54) is 29.2 Å². The molecule has 2 aliphatic heterocycles. The smallest absolute Gasteiger partial charge is 0.357 e. The number of carbonyl (C=O) groups is 3. The molecule has 0 radical (unpaired) electrons. The minimum Gasteiger partial charge on any atom is -0.476 e. The summed E-state index contributed by atoms with van der Waals surface area (Å²) in [7, 11) is 0. The monoisotopic (exact) mass is 350 g/mol. The third kappa shape index (κ3) is 2.61. The molecule has 0 bridgehead atoms. The summed E-state index contributed by atoms with van der Waals surface area (Å²) < 4.78 is 5.59. The van der Waals surface area contributed by atoms with Crippen LogP contribution in [0, 0.1) is 5.92 Å². The molecule has 1 aromatic carbocycles. The first-order valence-corrected chi connectivity index (χ1v) is 7.98. The van der Waals surface area contributed by atoms with Crippen LogP contribution >= 0.6 is 11.8 Å². The summed E-state index contributed by atoms with van der Waals surface area (Å²) in [5, 5.41) is 18.1. The number of carboxylic acids is 1. The van der Waals surface area contributed by atoms with Crippen LogP contribution in [0.15, 0.2) is 35.1 Å². The van der Waals surface area contributed by atoms with Crippen molar-refractivity contribution in [3.8, 4) is 5.75 Å². The molecule has 1 fully saturated rings. The number of carbonyl (C=O) groups excluding carboxylic acids is 2. The molecule has 9 heteroatoms. The number of β-lactam (4-membered cyclic amide) rings is 1. The molecule has 2 atom stereocenters. The number of aliphatic hydroxyl groups excluding tert-OH is 1. The number of nitrogens with zero attached hydrogens (tertiary/aromatic N) is 1. The number of hydrogen-bond acceptors (Lipinski definition) is 6. The van der Waals surface area contributed by atoms with Crippen LogP contribution < -0.4 is 10.5 Å². The zero-order valence-electron chi connectivity index (χ0n) is 12.3. The fourth-order valence-electron chi connectivity index (χ4n) is 2.62. The molecule has 1 aromatic rings. The topological polar surface area (TPSA) is 130 Å². The van der Waals surface area contributed by atoms with Gasteiger partial charge in [0.05, 0.1) is 5.92 Å². The SMILES string of the molecule is NC(=O)c1ccc(OC2=C(C(=O)O)N3C(=O)C(CCO)C3S2)cc1. The van der Waals surface area contributed by atoms with Crippen LogP contribution in [0.5, 0.6) is 5.75 Å². The first-order chi connectivity index (χ1) is 11.4. The van der Waals surface area contributed by atoms with Crippen LogP contribution in [0.3, 0.4) is 0 Å². The van der Waals surface area contributed by atoms with Crippen molar-refractivity contribution in [2.75, 3.05) is 6.61 Å². The number of nitrogens with two attached hydrogens (primary N) is 1. The van der Waals surface area contributed by atoms with E-state index in [9.17, 15) is 19.5 Å². The van der Waals surface area contributed by atoms with Crippen molar-refractivity contribution in [1.82, 2.24) is 4.90 Å². The standard InChI is InChI=1S/C15H14N2O6S/c16-11(19)7-1-3-8(4-2-7)23-15-10(14(21)22)17-12(20)9(5-6-18)13(17)24-15/h1-4,9,13,18H,5-6H2,(H2,16,19)(H,21,22). The van der Waals surface area contributed by atoms with Crippen molar-refractivity contribution in [2.45, 2.75) is 11.8 Å².